The second kappa shape index (κ2) is 12.5. The molecule has 2 unspecified atom stereocenters. The second-order valence-electron chi connectivity index (χ2n) is 10.7. The summed E-state index contributed by atoms with van der Waals surface area (Å²) >= 11 is 6.79. The molecule has 5 rings (SSSR count). The third-order valence-corrected chi connectivity index (χ3v) is 7.50. The van der Waals surface area contributed by atoms with Gasteiger partial charge in [-0.1, -0.05) is 28.9 Å². The lowest BCUT2D eigenvalue weighted by Crippen LogP contribution is -2.38. The number of alkyl halides is 3. The second-order valence-corrected chi connectivity index (χ2v) is 11.1. The zero-order chi connectivity index (χ0) is 29.9. The normalized spacial score (nSPS) is 19.9. The Morgan fingerprint density at radius 2 is 1.83 bits per heavy atom. The maximum Gasteiger partial charge on any atom is 0.433 e. The minimum atomic E-state index is -4.76. The van der Waals surface area contributed by atoms with Gasteiger partial charge in [-0.2, -0.15) is 18.3 Å². The van der Waals surface area contributed by atoms with E-state index in [0.717, 1.165) is 24.0 Å². The van der Waals surface area contributed by atoms with Crippen LogP contribution in [0, 0.1) is 0 Å². The Bertz CT molecular complexity index is 1390. The lowest BCUT2D eigenvalue weighted by molar-refractivity contribution is -0.146. The number of hydrogen-bond donors (Lipinski definition) is 1. The summed E-state index contributed by atoms with van der Waals surface area (Å²) in [5, 5.41) is 18.6. The van der Waals surface area contributed by atoms with Gasteiger partial charge < -0.3 is 19.4 Å². The van der Waals surface area contributed by atoms with Crippen molar-refractivity contribution in [3.63, 3.8) is 0 Å². The van der Waals surface area contributed by atoms with Crippen LogP contribution in [0.15, 0.2) is 48.0 Å². The Kier molecular flexibility index (Phi) is 9.02. The van der Waals surface area contributed by atoms with Crippen molar-refractivity contribution in [2.75, 3.05) is 39.5 Å². The van der Waals surface area contributed by atoms with Gasteiger partial charge in [0.1, 0.15) is 35.5 Å². The zero-order valence-electron chi connectivity index (χ0n) is 23.2. The first-order chi connectivity index (χ1) is 20.0. The molecule has 3 aromatic rings. The molecule has 10 nitrogen and oxygen atoms in total. The lowest BCUT2D eigenvalue weighted by atomic mass is 9.87. The van der Waals surface area contributed by atoms with E-state index in [0.29, 0.717) is 37.7 Å². The molecule has 1 fully saturated rings. The van der Waals surface area contributed by atoms with Crippen molar-refractivity contribution in [2.45, 2.75) is 50.6 Å². The molecule has 0 aliphatic carbocycles. The number of morpholine rings is 1. The molecular formula is C28H32ClF3N6O4. The maximum atomic E-state index is 14.4. The van der Waals surface area contributed by atoms with Crippen LogP contribution in [0.1, 0.15) is 54.9 Å². The lowest BCUT2D eigenvalue weighted by Gasteiger charge is -2.26. The number of ether oxygens (including phenoxy) is 2. The third-order valence-electron chi connectivity index (χ3n) is 7.11. The van der Waals surface area contributed by atoms with E-state index >= 15 is 0 Å². The van der Waals surface area contributed by atoms with Crippen LogP contribution < -0.4 is 4.74 Å². The Labute approximate surface area is 246 Å². The molecule has 14 heteroatoms. The summed E-state index contributed by atoms with van der Waals surface area (Å²) < 4.78 is 55.5. The molecule has 2 aliphatic rings. The van der Waals surface area contributed by atoms with Gasteiger partial charge in [-0.3, -0.25) is 9.58 Å². The number of aromatic nitrogens is 4. The molecule has 2 atom stereocenters. The van der Waals surface area contributed by atoms with Gasteiger partial charge >= 0.3 is 6.18 Å². The van der Waals surface area contributed by atoms with Crippen LogP contribution in [0.2, 0.25) is 5.02 Å². The van der Waals surface area contributed by atoms with Crippen molar-refractivity contribution in [3.05, 3.63) is 70.5 Å². The molecule has 226 valence electrons. The smallest absolute Gasteiger partial charge is 0.433 e. The number of benzene rings is 1. The van der Waals surface area contributed by atoms with Crippen LogP contribution in [-0.4, -0.2) is 80.5 Å². The monoisotopic (exact) mass is 608 g/mol. The van der Waals surface area contributed by atoms with Crippen LogP contribution in [0.25, 0.3) is 0 Å². The predicted octanol–water partition coefficient (Wildman–Crippen LogP) is 4.48. The fourth-order valence-corrected chi connectivity index (χ4v) is 5.23. The van der Waals surface area contributed by atoms with E-state index in [1.807, 2.05) is 0 Å². The molecule has 0 bridgehead atoms. The van der Waals surface area contributed by atoms with E-state index in [9.17, 15) is 18.3 Å². The Morgan fingerprint density at radius 3 is 2.52 bits per heavy atom. The Morgan fingerprint density at radius 1 is 1.10 bits per heavy atom. The topological polar surface area (TPSA) is 107 Å². The SMILES string of the molecule is CC(C)(O)CCn1ncc(C2ON=C(c3cccc(OCCN4CCOCC4)c3Cl)C2c2ncccn2)c1C(F)(F)F. The summed E-state index contributed by atoms with van der Waals surface area (Å²) in [6.07, 6.45) is -1.82. The third kappa shape index (κ3) is 6.86. The minimum Gasteiger partial charge on any atom is -0.491 e. The Balaban J connectivity index is 1.46. The van der Waals surface area contributed by atoms with Gasteiger partial charge in [-0.25, -0.2) is 9.97 Å². The average Bonchev–Trinajstić information content (AvgIpc) is 3.58. The first kappa shape index (κ1) is 30.2. The zero-order valence-corrected chi connectivity index (χ0v) is 24.0. The van der Waals surface area contributed by atoms with Crippen molar-refractivity contribution in [1.29, 1.82) is 0 Å². The summed E-state index contributed by atoms with van der Waals surface area (Å²) in [5.41, 5.74) is -1.68. The van der Waals surface area contributed by atoms with E-state index in [1.165, 1.54) is 26.2 Å². The number of hydrogen-bond acceptors (Lipinski definition) is 9. The largest absolute Gasteiger partial charge is 0.491 e. The van der Waals surface area contributed by atoms with Crippen LogP contribution >= 0.6 is 11.6 Å². The van der Waals surface area contributed by atoms with Gasteiger partial charge in [0.05, 0.1) is 30.0 Å². The maximum absolute atomic E-state index is 14.4. The molecule has 0 amide bonds. The number of halogens is 4. The molecule has 1 N–H and O–H groups in total. The van der Waals surface area contributed by atoms with Gasteiger partial charge in [0, 0.05) is 49.7 Å². The summed E-state index contributed by atoms with van der Waals surface area (Å²) in [5.74, 6) is -0.303. The fraction of sp³-hybridized carbons (Fsp3) is 0.500. The standard InChI is InChI=1S/C28H32ClF3N6O4/c1-27(2,39)7-10-38-25(28(30,31)32)19(17-35-38)24-21(26-33-8-4-9-34-26)23(36-42-24)18-5-3-6-20(22(18)29)41-16-13-37-11-14-40-15-12-37/h3-6,8-9,17,21,24,39H,7,10-16H2,1-2H3. The molecule has 0 spiro atoms. The minimum absolute atomic E-state index is 0.0592. The van der Waals surface area contributed by atoms with Crippen molar-refractivity contribution >= 4 is 17.3 Å². The van der Waals surface area contributed by atoms with E-state index in [-0.39, 0.29) is 35.1 Å². The van der Waals surface area contributed by atoms with E-state index in [2.05, 4.69) is 25.1 Å². The number of aryl methyl sites for hydroxylation is 1. The van der Waals surface area contributed by atoms with Gasteiger partial charge in [0.25, 0.3) is 0 Å². The van der Waals surface area contributed by atoms with E-state index in [1.54, 1.807) is 24.3 Å². The molecule has 1 aromatic carbocycles. The van der Waals surface area contributed by atoms with Crippen molar-refractivity contribution < 1.29 is 32.6 Å². The Hall–Kier alpha value is -3.26. The van der Waals surface area contributed by atoms with Gasteiger partial charge in [0.15, 0.2) is 6.10 Å². The summed E-state index contributed by atoms with van der Waals surface area (Å²) in [4.78, 5) is 16.6. The number of rotatable bonds is 10. The van der Waals surface area contributed by atoms with Gasteiger partial charge in [-0.15, -0.1) is 0 Å². The van der Waals surface area contributed by atoms with Crippen molar-refractivity contribution in [1.82, 2.24) is 24.6 Å². The summed E-state index contributed by atoms with van der Waals surface area (Å²) in [6, 6.07) is 6.77. The number of aliphatic hydroxyl groups is 1. The van der Waals surface area contributed by atoms with E-state index in [4.69, 9.17) is 25.9 Å². The molecular weight excluding hydrogens is 577 g/mol. The predicted molar refractivity (Wildman–Crippen MR) is 147 cm³/mol. The highest BCUT2D eigenvalue weighted by atomic mass is 35.5. The van der Waals surface area contributed by atoms with Crippen LogP contribution in [0.5, 0.6) is 5.75 Å². The summed E-state index contributed by atoms with van der Waals surface area (Å²) in [7, 11) is 0. The first-order valence-electron chi connectivity index (χ1n) is 13.6. The van der Waals surface area contributed by atoms with E-state index < -0.39 is 29.5 Å². The quantitative estimate of drug-likeness (QED) is 0.359. The van der Waals surface area contributed by atoms with Gasteiger partial charge in [-0.05, 0) is 32.4 Å². The number of oxime groups is 1. The summed E-state index contributed by atoms with van der Waals surface area (Å²) in [6.45, 7) is 6.96. The van der Waals surface area contributed by atoms with Crippen molar-refractivity contribution in [3.8, 4) is 5.75 Å². The fourth-order valence-electron chi connectivity index (χ4n) is 4.95. The first-order valence-corrected chi connectivity index (χ1v) is 14.0. The van der Waals surface area contributed by atoms with Crippen LogP contribution in [0.3, 0.4) is 0 Å². The number of nitrogens with zero attached hydrogens (tertiary/aromatic N) is 6. The van der Waals surface area contributed by atoms with Crippen molar-refractivity contribution in [2.24, 2.45) is 5.16 Å². The molecule has 2 aliphatic heterocycles. The molecule has 0 radical (unpaired) electrons. The molecule has 4 heterocycles. The highest BCUT2D eigenvalue weighted by molar-refractivity contribution is 6.36. The van der Waals surface area contributed by atoms with Crippen LogP contribution in [-0.2, 0) is 22.3 Å². The van der Waals surface area contributed by atoms with Crippen LogP contribution in [0.4, 0.5) is 13.2 Å². The highest BCUT2D eigenvalue weighted by Crippen LogP contribution is 2.46. The molecule has 42 heavy (non-hydrogen) atoms. The van der Waals surface area contributed by atoms with Gasteiger partial charge in [0.2, 0.25) is 0 Å². The average molecular weight is 609 g/mol. The molecule has 1 saturated heterocycles. The molecule has 0 saturated carbocycles. The highest BCUT2D eigenvalue weighted by Gasteiger charge is 2.47. The molecule has 2 aromatic heterocycles.